The number of nitrogens with zero attached hydrogens (tertiary/aromatic N) is 1. The Morgan fingerprint density at radius 3 is 2.76 bits per heavy atom. The van der Waals surface area contributed by atoms with Crippen molar-refractivity contribution in [3.63, 3.8) is 0 Å². The molecule has 0 bridgehead atoms. The van der Waals surface area contributed by atoms with Crippen LogP contribution in [0, 0.1) is 5.92 Å². The van der Waals surface area contributed by atoms with Crippen molar-refractivity contribution < 1.29 is 9.53 Å². The number of likely N-dealkylation sites (tertiary alicyclic amines) is 1. The summed E-state index contributed by atoms with van der Waals surface area (Å²) in [5.74, 6) is 1.67. The zero-order valence-corrected chi connectivity index (χ0v) is 16.0. The second-order valence-corrected chi connectivity index (χ2v) is 7.84. The van der Waals surface area contributed by atoms with Gasteiger partial charge in [0.15, 0.2) is 0 Å². The molecular weight excluding hydrogens is 359 g/mol. The third-order valence-electron chi connectivity index (χ3n) is 5.15. The van der Waals surface area contributed by atoms with Crippen LogP contribution in [-0.2, 0) is 4.79 Å². The van der Waals surface area contributed by atoms with Crippen molar-refractivity contribution in [1.29, 1.82) is 0 Å². The summed E-state index contributed by atoms with van der Waals surface area (Å²) >= 11 is 12.0. The number of piperidine rings is 2. The fourth-order valence-corrected chi connectivity index (χ4v) is 3.95. The normalized spacial score (nSPS) is 22.0. The van der Waals surface area contributed by atoms with Crippen LogP contribution in [0.1, 0.15) is 38.5 Å². The lowest BCUT2D eigenvalue weighted by Gasteiger charge is -2.33. The van der Waals surface area contributed by atoms with Crippen molar-refractivity contribution in [2.45, 2.75) is 44.6 Å². The molecule has 2 fully saturated rings. The van der Waals surface area contributed by atoms with Gasteiger partial charge < -0.3 is 15.0 Å². The number of carbonyl (C=O) groups is 1. The molecule has 2 heterocycles. The number of halogens is 2. The predicted octanol–water partition coefficient (Wildman–Crippen LogP) is 4.14. The molecular formula is C19H26Cl2N2O2. The van der Waals surface area contributed by atoms with E-state index in [9.17, 15) is 4.79 Å². The van der Waals surface area contributed by atoms with Gasteiger partial charge in [-0.3, -0.25) is 4.79 Å². The Labute approximate surface area is 159 Å². The van der Waals surface area contributed by atoms with Gasteiger partial charge in [-0.25, -0.2) is 0 Å². The second kappa shape index (κ2) is 9.11. The van der Waals surface area contributed by atoms with Gasteiger partial charge in [0.2, 0.25) is 5.91 Å². The fourth-order valence-electron chi connectivity index (χ4n) is 3.66. The maximum atomic E-state index is 12.6. The molecule has 1 N–H and O–H groups in total. The summed E-state index contributed by atoms with van der Waals surface area (Å²) < 4.78 is 6.02. The van der Waals surface area contributed by atoms with Crippen LogP contribution in [0.2, 0.25) is 10.0 Å². The lowest BCUT2D eigenvalue weighted by molar-refractivity contribution is -0.134. The molecule has 1 atom stereocenters. The van der Waals surface area contributed by atoms with E-state index in [1.54, 1.807) is 12.1 Å². The molecule has 2 aliphatic heterocycles. The van der Waals surface area contributed by atoms with Crippen molar-refractivity contribution >= 4 is 29.1 Å². The Bertz CT molecular complexity index is 591. The quantitative estimate of drug-likeness (QED) is 0.828. The molecule has 0 saturated carbocycles. The van der Waals surface area contributed by atoms with Crippen LogP contribution in [0.15, 0.2) is 18.2 Å². The van der Waals surface area contributed by atoms with Crippen LogP contribution in [0.5, 0.6) is 5.75 Å². The lowest BCUT2D eigenvalue weighted by atomic mass is 9.93. The first-order chi connectivity index (χ1) is 12.1. The summed E-state index contributed by atoms with van der Waals surface area (Å²) in [6.45, 7) is 3.67. The zero-order valence-electron chi connectivity index (χ0n) is 14.5. The van der Waals surface area contributed by atoms with E-state index < -0.39 is 0 Å². The highest BCUT2D eigenvalue weighted by Crippen LogP contribution is 2.28. The molecule has 0 aliphatic carbocycles. The average molecular weight is 385 g/mol. The van der Waals surface area contributed by atoms with Crippen LogP contribution in [0.25, 0.3) is 0 Å². The first kappa shape index (κ1) is 18.8. The molecule has 138 valence electrons. The lowest BCUT2D eigenvalue weighted by Crippen LogP contribution is -2.44. The van der Waals surface area contributed by atoms with Crippen molar-refractivity contribution in [2.24, 2.45) is 5.92 Å². The number of rotatable bonds is 5. The summed E-state index contributed by atoms with van der Waals surface area (Å²) in [4.78, 5) is 14.5. The highest BCUT2D eigenvalue weighted by Gasteiger charge is 2.25. The van der Waals surface area contributed by atoms with Gasteiger partial charge in [-0.05, 0) is 63.2 Å². The van der Waals surface area contributed by atoms with E-state index >= 15 is 0 Å². The summed E-state index contributed by atoms with van der Waals surface area (Å²) in [5.41, 5.74) is 0. The van der Waals surface area contributed by atoms with E-state index in [-0.39, 0.29) is 12.0 Å². The molecule has 6 heteroatoms. The molecule has 1 aromatic rings. The Morgan fingerprint density at radius 2 is 2.00 bits per heavy atom. The number of nitrogens with one attached hydrogen (secondary N) is 1. The smallest absolute Gasteiger partial charge is 0.222 e. The van der Waals surface area contributed by atoms with Gasteiger partial charge in [-0.1, -0.05) is 23.2 Å². The molecule has 0 aromatic heterocycles. The van der Waals surface area contributed by atoms with Gasteiger partial charge in [0.05, 0.1) is 16.6 Å². The second-order valence-electron chi connectivity index (χ2n) is 7.03. The molecule has 25 heavy (non-hydrogen) atoms. The standard InChI is InChI=1S/C19H26Cl2N2O2/c20-17-5-4-15(12-18(17)21)25-16-2-1-11-23(13-16)19(24)6-3-14-7-9-22-10-8-14/h4-5,12,14,16,22H,1-3,6-11,13H2. The number of benzene rings is 1. The molecule has 1 unspecified atom stereocenters. The SMILES string of the molecule is O=C(CCC1CCNCC1)N1CCCC(Oc2ccc(Cl)c(Cl)c2)C1. The van der Waals surface area contributed by atoms with Crippen LogP contribution in [0.3, 0.4) is 0 Å². The number of amides is 1. The van der Waals surface area contributed by atoms with Crippen LogP contribution in [-0.4, -0.2) is 43.1 Å². The van der Waals surface area contributed by atoms with E-state index in [2.05, 4.69) is 5.32 Å². The molecule has 3 rings (SSSR count). The molecule has 0 radical (unpaired) electrons. The molecule has 0 spiro atoms. The first-order valence-corrected chi connectivity index (χ1v) is 9.97. The number of hydrogen-bond donors (Lipinski definition) is 1. The molecule has 2 saturated heterocycles. The number of ether oxygens (including phenoxy) is 1. The Balaban J connectivity index is 1.48. The van der Waals surface area contributed by atoms with E-state index in [1.807, 2.05) is 11.0 Å². The third kappa shape index (κ3) is 5.50. The first-order valence-electron chi connectivity index (χ1n) is 9.22. The number of hydrogen-bond acceptors (Lipinski definition) is 3. The van der Waals surface area contributed by atoms with Crippen molar-refractivity contribution in [3.05, 3.63) is 28.2 Å². The minimum Gasteiger partial charge on any atom is -0.489 e. The van der Waals surface area contributed by atoms with Crippen molar-refractivity contribution in [3.8, 4) is 5.75 Å². The summed E-state index contributed by atoms with van der Waals surface area (Å²) in [6.07, 6.45) is 6.00. The summed E-state index contributed by atoms with van der Waals surface area (Å²) in [5, 5.41) is 4.38. The van der Waals surface area contributed by atoms with E-state index in [4.69, 9.17) is 27.9 Å². The largest absolute Gasteiger partial charge is 0.489 e. The number of carbonyl (C=O) groups excluding carboxylic acids is 1. The van der Waals surface area contributed by atoms with Gasteiger partial charge >= 0.3 is 0 Å². The van der Waals surface area contributed by atoms with Gasteiger partial charge in [-0.2, -0.15) is 0 Å². The summed E-state index contributed by atoms with van der Waals surface area (Å²) in [7, 11) is 0. The maximum absolute atomic E-state index is 12.6. The minimum atomic E-state index is 0.0221. The fraction of sp³-hybridized carbons (Fsp3) is 0.632. The third-order valence-corrected chi connectivity index (χ3v) is 5.89. The maximum Gasteiger partial charge on any atom is 0.222 e. The highest BCUT2D eigenvalue weighted by atomic mass is 35.5. The summed E-state index contributed by atoms with van der Waals surface area (Å²) in [6, 6.07) is 5.30. The molecule has 2 aliphatic rings. The molecule has 4 nitrogen and oxygen atoms in total. The van der Waals surface area contributed by atoms with Crippen LogP contribution < -0.4 is 10.1 Å². The molecule has 1 aromatic carbocycles. The van der Waals surface area contributed by atoms with E-state index in [0.29, 0.717) is 34.7 Å². The zero-order chi connectivity index (χ0) is 17.6. The average Bonchev–Trinajstić information content (AvgIpc) is 2.64. The van der Waals surface area contributed by atoms with Crippen molar-refractivity contribution in [2.75, 3.05) is 26.2 Å². The van der Waals surface area contributed by atoms with Crippen LogP contribution in [0.4, 0.5) is 0 Å². The molecule has 1 amide bonds. The van der Waals surface area contributed by atoms with E-state index in [0.717, 1.165) is 38.9 Å². The van der Waals surface area contributed by atoms with Crippen LogP contribution >= 0.6 is 23.2 Å². The monoisotopic (exact) mass is 384 g/mol. The Hall–Kier alpha value is -0.970. The Kier molecular flexibility index (Phi) is 6.85. The van der Waals surface area contributed by atoms with E-state index in [1.165, 1.54) is 12.8 Å². The minimum absolute atomic E-state index is 0.0221. The topological polar surface area (TPSA) is 41.6 Å². The Morgan fingerprint density at radius 1 is 1.20 bits per heavy atom. The van der Waals surface area contributed by atoms with Gasteiger partial charge in [0, 0.05) is 19.0 Å². The van der Waals surface area contributed by atoms with Crippen molar-refractivity contribution in [1.82, 2.24) is 10.2 Å². The predicted molar refractivity (Wildman–Crippen MR) is 102 cm³/mol. The van der Waals surface area contributed by atoms with Gasteiger partial charge in [-0.15, -0.1) is 0 Å². The van der Waals surface area contributed by atoms with Gasteiger partial charge in [0.1, 0.15) is 11.9 Å². The highest BCUT2D eigenvalue weighted by molar-refractivity contribution is 6.42. The van der Waals surface area contributed by atoms with Gasteiger partial charge in [0.25, 0.3) is 0 Å².